The van der Waals surface area contributed by atoms with Gasteiger partial charge in [-0.25, -0.2) is 19.9 Å². The molecule has 0 fully saturated rings. The summed E-state index contributed by atoms with van der Waals surface area (Å²) >= 11 is 0. The van der Waals surface area contributed by atoms with Crippen LogP contribution in [0.4, 0.5) is 36.1 Å². The summed E-state index contributed by atoms with van der Waals surface area (Å²) in [5.74, 6) is 0.207. The van der Waals surface area contributed by atoms with Crippen LogP contribution in [-0.4, -0.2) is 20.9 Å². The van der Waals surface area contributed by atoms with Crippen molar-refractivity contribution in [2.45, 2.75) is 6.18 Å². The van der Waals surface area contributed by atoms with Gasteiger partial charge in [-0.15, -0.1) is 0 Å². The van der Waals surface area contributed by atoms with Gasteiger partial charge in [0.15, 0.2) is 5.82 Å². The second-order valence-electron chi connectivity index (χ2n) is 7.35. The van der Waals surface area contributed by atoms with Crippen LogP contribution < -0.4 is 21.2 Å². The fourth-order valence-corrected chi connectivity index (χ4v) is 3.51. The van der Waals surface area contributed by atoms with Gasteiger partial charge in [0, 0.05) is 52.9 Å². The Kier molecular flexibility index (Phi) is 5.25. The number of pyridine rings is 1. The molecule has 0 saturated heterocycles. The Morgan fingerprint density at radius 3 is 2.41 bits per heavy atom. The SMILES string of the molecule is O=C1C=c2cc(Nc3cc(Nc4ccccc4-c4ncccn4)c(C(F)(F)F)cn3)ccc2=N1. The Morgan fingerprint density at radius 1 is 0.824 bits per heavy atom. The summed E-state index contributed by atoms with van der Waals surface area (Å²) in [6.07, 6.45) is 0.643. The number of nitrogens with one attached hydrogen (secondary N) is 2. The molecule has 7 nitrogen and oxygen atoms in total. The van der Waals surface area contributed by atoms with E-state index in [9.17, 15) is 18.0 Å². The van der Waals surface area contributed by atoms with Crippen molar-refractivity contribution >= 4 is 34.9 Å². The molecule has 0 atom stereocenters. The lowest BCUT2D eigenvalue weighted by atomic mass is 10.1. The number of hydrogen-bond acceptors (Lipinski definition) is 6. The third-order valence-corrected chi connectivity index (χ3v) is 5.02. The average molecular weight is 460 g/mol. The normalized spacial score (nSPS) is 12.5. The van der Waals surface area contributed by atoms with Crippen molar-refractivity contribution in [2.24, 2.45) is 4.99 Å². The number of amides is 1. The summed E-state index contributed by atoms with van der Waals surface area (Å²) < 4.78 is 41.2. The van der Waals surface area contributed by atoms with Gasteiger partial charge in [-0.05, 0) is 36.4 Å². The number of nitrogens with zero attached hydrogens (tertiary/aromatic N) is 4. The van der Waals surface area contributed by atoms with Crippen molar-refractivity contribution in [1.29, 1.82) is 0 Å². The van der Waals surface area contributed by atoms with Gasteiger partial charge in [0.1, 0.15) is 5.82 Å². The van der Waals surface area contributed by atoms with Crippen LogP contribution >= 0.6 is 0 Å². The fourth-order valence-electron chi connectivity index (χ4n) is 3.51. The van der Waals surface area contributed by atoms with Crippen LogP contribution in [0.15, 0.2) is 78.2 Å². The van der Waals surface area contributed by atoms with Gasteiger partial charge >= 0.3 is 6.18 Å². The van der Waals surface area contributed by atoms with Crippen molar-refractivity contribution in [1.82, 2.24) is 15.0 Å². The molecule has 0 spiro atoms. The maximum Gasteiger partial charge on any atom is 0.419 e. The Hall–Kier alpha value is -4.60. The van der Waals surface area contributed by atoms with Gasteiger partial charge in [-0.3, -0.25) is 4.79 Å². The molecule has 0 radical (unpaired) electrons. The van der Waals surface area contributed by atoms with E-state index < -0.39 is 11.7 Å². The van der Waals surface area contributed by atoms with Gasteiger partial charge in [0.25, 0.3) is 5.91 Å². The molecular weight excluding hydrogens is 445 g/mol. The number of carbonyl (C=O) groups excluding carboxylic acids is 1. The Morgan fingerprint density at radius 2 is 1.62 bits per heavy atom. The second-order valence-corrected chi connectivity index (χ2v) is 7.35. The van der Waals surface area contributed by atoms with Gasteiger partial charge < -0.3 is 10.6 Å². The smallest absolute Gasteiger partial charge is 0.354 e. The van der Waals surface area contributed by atoms with E-state index >= 15 is 0 Å². The Balaban J connectivity index is 1.52. The number of aromatic nitrogens is 3. The molecule has 1 aliphatic rings. The van der Waals surface area contributed by atoms with Gasteiger partial charge in [0.05, 0.1) is 16.6 Å². The number of para-hydroxylation sites is 1. The standard InChI is InChI=1S/C24H15F3N6O/c25-24(26,27)17-13-30-21(31-15-6-7-18-14(10-15)11-22(34)33-18)12-20(17)32-19-5-2-1-4-16(19)23-28-8-3-9-29-23/h1-13H,(H2,30,31,32). The minimum atomic E-state index is -4.63. The molecule has 10 heteroatoms. The minimum Gasteiger partial charge on any atom is -0.354 e. The topological polar surface area (TPSA) is 92.2 Å². The molecule has 168 valence electrons. The predicted octanol–water partition coefficient (Wildman–Crippen LogP) is 3.98. The first-order valence-electron chi connectivity index (χ1n) is 10.1. The largest absolute Gasteiger partial charge is 0.419 e. The van der Waals surface area contributed by atoms with Crippen molar-refractivity contribution in [3.63, 3.8) is 0 Å². The van der Waals surface area contributed by atoms with E-state index in [1.165, 1.54) is 12.1 Å². The zero-order chi connectivity index (χ0) is 23.7. The number of rotatable bonds is 5. The van der Waals surface area contributed by atoms with Crippen molar-refractivity contribution in [3.05, 3.63) is 89.3 Å². The first-order chi connectivity index (χ1) is 16.4. The minimum absolute atomic E-state index is 0.185. The monoisotopic (exact) mass is 460 g/mol. The molecule has 0 bridgehead atoms. The number of anilines is 4. The number of halogens is 3. The molecule has 2 aromatic carbocycles. The van der Waals surface area contributed by atoms with E-state index in [0.717, 1.165) is 6.20 Å². The molecule has 4 aromatic rings. The molecule has 3 heterocycles. The molecule has 34 heavy (non-hydrogen) atoms. The lowest BCUT2D eigenvalue weighted by Gasteiger charge is -2.17. The summed E-state index contributed by atoms with van der Waals surface area (Å²) in [6, 6.07) is 14.8. The van der Waals surface area contributed by atoms with E-state index in [1.54, 1.807) is 60.9 Å². The first-order valence-corrected chi connectivity index (χ1v) is 10.1. The number of benzene rings is 2. The number of carbonyl (C=O) groups is 1. The molecule has 2 N–H and O–H groups in total. The molecule has 1 amide bonds. The summed E-state index contributed by atoms with van der Waals surface area (Å²) in [6.45, 7) is 0. The van der Waals surface area contributed by atoms with Crippen LogP contribution in [0.25, 0.3) is 17.5 Å². The molecule has 0 aliphatic carbocycles. The highest BCUT2D eigenvalue weighted by molar-refractivity contribution is 6.06. The lowest BCUT2D eigenvalue weighted by molar-refractivity contribution is -0.137. The van der Waals surface area contributed by atoms with E-state index in [0.29, 0.717) is 33.3 Å². The molecule has 0 unspecified atom stereocenters. The van der Waals surface area contributed by atoms with Gasteiger partial charge in [-0.2, -0.15) is 13.2 Å². The van der Waals surface area contributed by atoms with Crippen LogP contribution in [-0.2, 0) is 11.0 Å². The molecule has 0 saturated carbocycles. The summed E-state index contributed by atoms with van der Waals surface area (Å²) in [7, 11) is 0. The number of hydrogen-bond donors (Lipinski definition) is 2. The zero-order valence-electron chi connectivity index (χ0n) is 17.3. The average Bonchev–Trinajstić information content (AvgIpc) is 3.19. The maximum atomic E-state index is 13.7. The highest BCUT2D eigenvalue weighted by atomic mass is 19.4. The zero-order valence-corrected chi connectivity index (χ0v) is 17.3. The van der Waals surface area contributed by atoms with Crippen LogP contribution in [0.1, 0.15) is 5.56 Å². The van der Waals surface area contributed by atoms with Crippen LogP contribution in [0.3, 0.4) is 0 Å². The van der Waals surface area contributed by atoms with Gasteiger partial charge in [-0.1, -0.05) is 12.1 Å². The van der Waals surface area contributed by atoms with Gasteiger partial charge in [0.2, 0.25) is 0 Å². The maximum absolute atomic E-state index is 13.7. The van der Waals surface area contributed by atoms with E-state index in [-0.39, 0.29) is 17.4 Å². The number of alkyl halides is 3. The number of fused-ring (bicyclic) bond motifs is 1. The quantitative estimate of drug-likeness (QED) is 0.468. The fraction of sp³-hybridized carbons (Fsp3) is 0.0417. The molecule has 1 aliphatic heterocycles. The highest BCUT2D eigenvalue weighted by Gasteiger charge is 2.34. The molecular formula is C24H15F3N6O. The van der Waals surface area contributed by atoms with Crippen LogP contribution in [0.5, 0.6) is 0 Å². The summed E-state index contributed by atoms with van der Waals surface area (Å²) in [5.41, 5.74) is 0.393. The first kappa shape index (κ1) is 21.3. The summed E-state index contributed by atoms with van der Waals surface area (Å²) in [4.78, 5) is 27.7. The highest BCUT2D eigenvalue weighted by Crippen LogP contribution is 2.38. The van der Waals surface area contributed by atoms with E-state index in [1.807, 2.05) is 0 Å². The van der Waals surface area contributed by atoms with E-state index in [2.05, 4.69) is 30.6 Å². The molecule has 5 rings (SSSR count). The second kappa shape index (κ2) is 8.39. The van der Waals surface area contributed by atoms with Crippen LogP contribution in [0.2, 0.25) is 0 Å². The summed E-state index contributed by atoms with van der Waals surface area (Å²) in [5, 5.41) is 7.02. The van der Waals surface area contributed by atoms with E-state index in [4.69, 9.17) is 0 Å². The Labute approximate surface area is 190 Å². The predicted molar refractivity (Wildman–Crippen MR) is 120 cm³/mol. The third-order valence-electron chi connectivity index (χ3n) is 5.02. The Bertz CT molecular complexity index is 1520. The van der Waals surface area contributed by atoms with Crippen molar-refractivity contribution in [2.75, 3.05) is 10.6 Å². The third kappa shape index (κ3) is 4.33. The van der Waals surface area contributed by atoms with Crippen molar-refractivity contribution in [3.8, 4) is 11.4 Å². The van der Waals surface area contributed by atoms with Crippen molar-refractivity contribution < 1.29 is 18.0 Å². The lowest BCUT2D eigenvalue weighted by Crippen LogP contribution is -2.21. The molecule has 2 aromatic heterocycles. The van der Waals surface area contributed by atoms with Crippen LogP contribution in [0, 0.1) is 0 Å².